The summed E-state index contributed by atoms with van der Waals surface area (Å²) in [4.78, 5) is 0. The maximum absolute atomic E-state index is 8.78. The van der Waals surface area contributed by atoms with E-state index in [-0.39, 0.29) is 0 Å². The molecule has 0 aliphatic rings. The molecule has 0 aliphatic heterocycles. The van der Waals surface area contributed by atoms with Crippen LogP contribution in [0.15, 0.2) is 53.1 Å². The normalized spacial score (nSPS) is 10.4. The number of benzene rings is 2. The predicted octanol–water partition coefficient (Wildman–Crippen LogP) is 4.62. The first-order valence-electron chi connectivity index (χ1n) is 5.45. The second kappa shape index (κ2) is 4.21. The van der Waals surface area contributed by atoms with Gasteiger partial charge in [-0.05, 0) is 29.8 Å². The summed E-state index contributed by atoms with van der Waals surface area (Å²) in [6.07, 6.45) is 1.71. The van der Waals surface area contributed by atoms with Gasteiger partial charge in [0.1, 0.15) is 5.58 Å². The van der Waals surface area contributed by atoms with Crippen molar-refractivity contribution >= 4 is 22.6 Å². The fourth-order valence-corrected chi connectivity index (χ4v) is 2.11. The summed E-state index contributed by atoms with van der Waals surface area (Å²) in [5.41, 5.74) is 3.44. The molecule has 2 nitrogen and oxygen atoms in total. The van der Waals surface area contributed by atoms with Crippen LogP contribution in [0.3, 0.4) is 0 Å². The smallest absolute Gasteiger partial charge is 0.135 e. The summed E-state index contributed by atoms with van der Waals surface area (Å²) < 4.78 is 5.49. The zero-order chi connectivity index (χ0) is 12.5. The molecule has 3 aromatic rings. The molecule has 0 fully saturated rings. The van der Waals surface area contributed by atoms with Gasteiger partial charge in [0.2, 0.25) is 0 Å². The van der Waals surface area contributed by atoms with Gasteiger partial charge in [-0.2, -0.15) is 5.26 Å². The van der Waals surface area contributed by atoms with Crippen LogP contribution in [0, 0.1) is 11.3 Å². The maximum Gasteiger partial charge on any atom is 0.135 e. The zero-order valence-electron chi connectivity index (χ0n) is 9.35. The average molecular weight is 254 g/mol. The quantitative estimate of drug-likeness (QED) is 0.634. The first kappa shape index (κ1) is 10.9. The molecule has 0 unspecified atom stereocenters. The zero-order valence-corrected chi connectivity index (χ0v) is 10.1. The molecule has 2 aromatic carbocycles. The molecule has 0 radical (unpaired) electrons. The second-order valence-corrected chi connectivity index (χ2v) is 4.42. The summed E-state index contributed by atoms with van der Waals surface area (Å²) in [5, 5.41) is 10.5. The van der Waals surface area contributed by atoms with Crippen molar-refractivity contribution in [1.29, 1.82) is 5.26 Å². The molecular formula is C15H8ClNO. The standard InChI is InChI=1S/C15H8ClNO/c16-12-5-6-13-14(9-18-15(13)7-12)11-3-1-10(8-17)2-4-11/h1-7,9H. The van der Waals surface area contributed by atoms with E-state index in [1.54, 1.807) is 24.5 Å². The summed E-state index contributed by atoms with van der Waals surface area (Å²) in [5.74, 6) is 0. The van der Waals surface area contributed by atoms with Gasteiger partial charge in [-0.3, -0.25) is 0 Å². The molecule has 0 saturated carbocycles. The van der Waals surface area contributed by atoms with E-state index >= 15 is 0 Å². The highest BCUT2D eigenvalue weighted by Crippen LogP contribution is 2.32. The third-order valence-corrected chi connectivity index (χ3v) is 3.10. The van der Waals surface area contributed by atoms with E-state index in [4.69, 9.17) is 21.3 Å². The number of rotatable bonds is 1. The molecule has 3 heteroatoms. The van der Waals surface area contributed by atoms with Gasteiger partial charge >= 0.3 is 0 Å². The molecule has 3 rings (SSSR count). The molecule has 0 atom stereocenters. The van der Waals surface area contributed by atoms with Crippen molar-refractivity contribution in [3.63, 3.8) is 0 Å². The van der Waals surface area contributed by atoms with E-state index in [1.807, 2.05) is 24.3 Å². The van der Waals surface area contributed by atoms with Crippen LogP contribution in [-0.2, 0) is 0 Å². The number of furan rings is 1. The van der Waals surface area contributed by atoms with E-state index in [1.165, 1.54) is 0 Å². The molecule has 0 amide bonds. The van der Waals surface area contributed by atoms with Crippen molar-refractivity contribution in [2.45, 2.75) is 0 Å². The Morgan fingerprint density at radius 3 is 2.56 bits per heavy atom. The Labute approximate surface area is 109 Å². The number of hydrogen-bond acceptors (Lipinski definition) is 2. The lowest BCUT2D eigenvalue weighted by molar-refractivity contribution is 0.617. The van der Waals surface area contributed by atoms with Crippen LogP contribution in [0.4, 0.5) is 0 Å². The molecule has 0 bridgehead atoms. The molecular weight excluding hydrogens is 246 g/mol. The van der Waals surface area contributed by atoms with E-state index in [0.717, 1.165) is 22.1 Å². The van der Waals surface area contributed by atoms with Gasteiger partial charge in [0.15, 0.2) is 0 Å². The molecule has 86 valence electrons. The van der Waals surface area contributed by atoms with Crippen LogP contribution in [-0.4, -0.2) is 0 Å². The summed E-state index contributed by atoms with van der Waals surface area (Å²) in [6.45, 7) is 0. The molecule has 0 saturated heterocycles. The van der Waals surface area contributed by atoms with Crippen molar-refractivity contribution in [2.24, 2.45) is 0 Å². The highest BCUT2D eigenvalue weighted by atomic mass is 35.5. The number of nitriles is 1. The van der Waals surface area contributed by atoms with Gasteiger partial charge in [-0.1, -0.05) is 23.7 Å². The van der Waals surface area contributed by atoms with Gasteiger partial charge in [-0.15, -0.1) is 0 Å². The minimum atomic E-state index is 0.648. The highest BCUT2D eigenvalue weighted by molar-refractivity contribution is 6.31. The Bertz CT molecular complexity index is 750. The molecule has 0 N–H and O–H groups in total. The Morgan fingerprint density at radius 1 is 1.06 bits per heavy atom. The Hall–Kier alpha value is -2.24. The number of halogens is 1. The van der Waals surface area contributed by atoms with Gasteiger partial charge < -0.3 is 4.42 Å². The third kappa shape index (κ3) is 1.75. The highest BCUT2D eigenvalue weighted by Gasteiger charge is 2.08. The molecule has 1 aromatic heterocycles. The van der Waals surface area contributed by atoms with Crippen molar-refractivity contribution < 1.29 is 4.42 Å². The van der Waals surface area contributed by atoms with Crippen LogP contribution < -0.4 is 0 Å². The van der Waals surface area contributed by atoms with E-state index in [9.17, 15) is 0 Å². The van der Waals surface area contributed by atoms with Gasteiger partial charge in [-0.25, -0.2) is 0 Å². The van der Waals surface area contributed by atoms with Crippen LogP contribution >= 0.6 is 11.6 Å². The van der Waals surface area contributed by atoms with Gasteiger partial charge in [0.25, 0.3) is 0 Å². The summed E-state index contributed by atoms with van der Waals surface area (Å²) in [6, 6.07) is 15.1. The topological polar surface area (TPSA) is 36.9 Å². The van der Waals surface area contributed by atoms with Crippen LogP contribution in [0.5, 0.6) is 0 Å². The average Bonchev–Trinajstić information content (AvgIpc) is 2.81. The van der Waals surface area contributed by atoms with Crippen LogP contribution in [0.25, 0.3) is 22.1 Å². The molecule has 0 aliphatic carbocycles. The number of nitrogens with zero attached hydrogens (tertiary/aromatic N) is 1. The van der Waals surface area contributed by atoms with E-state index in [2.05, 4.69) is 6.07 Å². The van der Waals surface area contributed by atoms with Crippen molar-refractivity contribution in [1.82, 2.24) is 0 Å². The predicted molar refractivity (Wildman–Crippen MR) is 71.4 cm³/mol. The Kier molecular flexibility index (Phi) is 2.55. The minimum absolute atomic E-state index is 0.648. The molecule has 18 heavy (non-hydrogen) atoms. The first-order valence-corrected chi connectivity index (χ1v) is 5.83. The fraction of sp³-hybridized carbons (Fsp3) is 0. The lowest BCUT2D eigenvalue weighted by Gasteiger charge is -1.98. The lowest BCUT2D eigenvalue weighted by atomic mass is 10.0. The van der Waals surface area contributed by atoms with Gasteiger partial charge in [0.05, 0.1) is 17.9 Å². The monoisotopic (exact) mass is 253 g/mol. The molecule has 1 heterocycles. The Balaban J connectivity index is 2.16. The lowest BCUT2D eigenvalue weighted by Crippen LogP contribution is -1.77. The third-order valence-electron chi connectivity index (χ3n) is 2.86. The van der Waals surface area contributed by atoms with Crippen LogP contribution in [0.1, 0.15) is 5.56 Å². The number of fused-ring (bicyclic) bond motifs is 1. The van der Waals surface area contributed by atoms with Crippen molar-refractivity contribution in [3.8, 4) is 17.2 Å². The maximum atomic E-state index is 8.78. The van der Waals surface area contributed by atoms with E-state index in [0.29, 0.717) is 10.6 Å². The summed E-state index contributed by atoms with van der Waals surface area (Å²) in [7, 11) is 0. The van der Waals surface area contributed by atoms with E-state index < -0.39 is 0 Å². The second-order valence-electron chi connectivity index (χ2n) is 3.98. The van der Waals surface area contributed by atoms with Crippen molar-refractivity contribution in [2.75, 3.05) is 0 Å². The van der Waals surface area contributed by atoms with Crippen molar-refractivity contribution in [3.05, 3.63) is 59.3 Å². The van der Waals surface area contributed by atoms with Crippen LogP contribution in [0.2, 0.25) is 5.02 Å². The number of hydrogen-bond donors (Lipinski definition) is 0. The SMILES string of the molecule is N#Cc1ccc(-c2coc3cc(Cl)ccc23)cc1. The Morgan fingerprint density at radius 2 is 1.83 bits per heavy atom. The summed E-state index contributed by atoms with van der Waals surface area (Å²) >= 11 is 5.92. The molecule has 0 spiro atoms. The fourth-order valence-electron chi connectivity index (χ4n) is 1.95. The van der Waals surface area contributed by atoms with Gasteiger partial charge in [0, 0.05) is 22.0 Å². The minimum Gasteiger partial charge on any atom is -0.464 e. The first-order chi connectivity index (χ1) is 8.78. The largest absolute Gasteiger partial charge is 0.464 e.